The molecule has 2 aromatic rings. The topological polar surface area (TPSA) is 18.5 Å². The first-order chi connectivity index (χ1) is 12.7. The standard InChI is InChI=1S/C24H30O2/c1-3-19(2)26-24-16-10-15-23(24,17-18-25-24)22(20-11-6-4-7-12-20)21-13-8-5-9-14-21/h4-9,11-14,19,22H,3,10,15-18H2,1-2H3/t19-,23-,24+/m1/s1. The van der Waals surface area contributed by atoms with Crippen LogP contribution in [0.3, 0.4) is 0 Å². The van der Waals surface area contributed by atoms with Crippen molar-refractivity contribution in [2.24, 2.45) is 5.41 Å². The molecular formula is C24H30O2. The molecule has 1 aliphatic carbocycles. The highest BCUT2D eigenvalue weighted by molar-refractivity contribution is 5.37. The van der Waals surface area contributed by atoms with Crippen LogP contribution in [0, 0.1) is 5.41 Å². The van der Waals surface area contributed by atoms with Crippen LogP contribution in [-0.4, -0.2) is 18.5 Å². The summed E-state index contributed by atoms with van der Waals surface area (Å²) in [5.74, 6) is -0.141. The van der Waals surface area contributed by atoms with Crippen LogP contribution in [0.15, 0.2) is 60.7 Å². The zero-order chi connectivity index (χ0) is 18.0. The molecule has 2 aromatic carbocycles. The summed E-state index contributed by atoms with van der Waals surface area (Å²) in [4.78, 5) is 0. The molecule has 2 nitrogen and oxygen atoms in total. The lowest BCUT2D eigenvalue weighted by Gasteiger charge is -2.46. The van der Waals surface area contributed by atoms with Gasteiger partial charge in [-0.2, -0.15) is 0 Å². The van der Waals surface area contributed by atoms with E-state index >= 15 is 0 Å². The van der Waals surface area contributed by atoms with E-state index in [1.165, 1.54) is 17.5 Å². The van der Waals surface area contributed by atoms with Gasteiger partial charge in [-0.05, 0) is 43.7 Å². The summed E-state index contributed by atoms with van der Waals surface area (Å²) in [6, 6.07) is 21.9. The van der Waals surface area contributed by atoms with E-state index in [0.717, 1.165) is 32.3 Å². The van der Waals surface area contributed by atoms with Crippen LogP contribution >= 0.6 is 0 Å². The maximum absolute atomic E-state index is 6.68. The van der Waals surface area contributed by atoms with Gasteiger partial charge in [0.25, 0.3) is 0 Å². The lowest BCUT2D eigenvalue weighted by molar-refractivity contribution is -0.269. The Balaban J connectivity index is 1.84. The lowest BCUT2D eigenvalue weighted by Crippen LogP contribution is -2.48. The predicted octanol–water partition coefficient (Wildman–Crippen LogP) is 5.92. The molecule has 1 aliphatic heterocycles. The quantitative estimate of drug-likeness (QED) is 0.644. The Morgan fingerprint density at radius 3 is 2.12 bits per heavy atom. The SMILES string of the molecule is CC[C@@H](C)O[C@@]12CCC[C@]1(C(c1ccccc1)c1ccccc1)CCO2. The normalized spacial score (nSPS) is 29.0. The Morgan fingerprint density at radius 2 is 1.54 bits per heavy atom. The number of benzene rings is 2. The first-order valence-electron chi connectivity index (χ1n) is 10.1. The van der Waals surface area contributed by atoms with E-state index in [1.807, 2.05) is 0 Å². The molecule has 0 bridgehead atoms. The highest BCUT2D eigenvalue weighted by atomic mass is 16.7. The van der Waals surface area contributed by atoms with Crippen molar-refractivity contribution in [3.63, 3.8) is 0 Å². The summed E-state index contributed by atoms with van der Waals surface area (Å²) in [7, 11) is 0. The van der Waals surface area contributed by atoms with Gasteiger partial charge in [-0.15, -0.1) is 0 Å². The molecular weight excluding hydrogens is 320 g/mol. The fraction of sp³-hybridized carbons (Fsp3) is 0.500. The smallest absolute Gasteiger partial charge is 0.175 e. The lowest BCUT2D eigenvalue weighted by atomic mass is 9.64. The van der Waals surface area contributed by atoms with Crippen LogP contribution in [0.25, 0.3) is 0 Å². The number of ether oxygens (including phenoxy) is 2. The van der Waals surface area contributed by atoms with Crippen molar-refractivity contribution in [3.8, 4) is 0 Å². The minimum atomic E-state index is -0.446. The Hall–Kier alpha value is -1.64. The van der Waals surface area contributed by atoms with E-state index in [2.05, 4.69) is 74.5 Å². The van der Waals surface area contributed by atoms with Crippen LogP contribution in [0.4, 0.5) is 0 Å². The van der Waals surface area contributed by atoms with Crippen molar-refractivity contribution in [2.75, 3.05) is 6.61 Å². The van der Waals surface area contributed by atoms with Crippen molar-refractivity contribution in [1.82, 2.24) is 0 Å². The molecule has 0 radical (unpaired) electrons. The monoisotopic (exact) mass is 350 g/mol. The van der Waals surface area contributed by atoms with Gasteiger partial charge in [-0.3, -0.25) is 0 Å². The zero-order valence-corrected chi connectivity index (χ0v) is 16.0. The molecule has 0 N–H and O–H groups in total. The molecule has 0 aromatic heterocycles. The predicted molar refractivity (Wildman–Crippen MR) is 105 cm³/mol. The van der Waals surface area contributed by atoms with Gasteiger partial charge in [0.15, 0.2) is 5.79 Å². The summed E-state index contributed by atoms with van der Waals surface area (Å²) < 4.78 is 13.1. The van der Waals surface area contributed by atoms with Crippen molar-refractivity contribution < 1.29 is 9.47 Å². The average Bonchev–Trinajstić information content (AvgIpc) is 3.18. The largest absolute Gasteiger partial charge is 0.349 e. The highest BCUT2D eigenvalue weighted by Gasteiger charge is 2.64. The first-order valence-corrected chi connectivity index (χ1v) is 10.1. The van der Waals surface area contributed by atoms with Gasteiger partial charge < -0.3 is 9.47 Å². The van der Waals surface area contributed by atoms with E-state index in [4.69, 9.17) is 9.47 Å². The molecule has 3 atom stereocenters. The third-order valence-electron chi connectivity index (χ3n) is 6.56. The van der Waals surface area contributed by atoms with E-state index < -0.39 is 5.79 Å². The van der Waals surface area contributed by atoms with Crippen LogP contribution < -0.4 is 0 Å². The summed E-state index contributed by atoms with van der Waals surface area (Å²) in [5.41, 5.74) is 2.77. The molecule has 2 heteroatoms. The second kappa shape index (κ2) is 7.17. The van der Waals surface area contributed by atoms with Gasteiger partial charge >= 0.3 is 0 Å². The Bertz CT molecular complexity index is 660. The Morgan fingerprint density at radius 1 is 0.923 bits per heavy atom. The molecule has 26 heavy (non-hydrogen) atoms. The number of fused-ring (bicyclic) bond motifs is 1. The summed E-state index contributed by atoms with van der Waals surface area (Å²) in [6.45, 7) is 5.17. The number of hydrogen-bond donors (Lipinski definition) is 0. The Kier molecular flexibility index (Phi) is 4.90. The fourth-order valence-corrected chi connectivity index (χ4v) is 5.25. The maximum atomic E-state index is 6.68. The zero-order valence-electron chi connectivity index (χ0n) is 16.0. The van der Waals surface area contributed by atoms with E-state index in [1.54, 1.807) is 0 Å². The molecule has 2 aliphatic rings. The second-order valence-corrected chi connectivity index (χ2v) is 7.95. The maximum Gasteiger partial charge on any atom is 0.175 e. The van der Waals surface area contributed by atoms with Crippen LogP contribution in [0.1, 0.15) is 63.0 Å². The molecule has 1 saturated carbocycles. The van der Waals surface area contributed by atoms with Gasteiger partial charge in [0.1, 0.15) is 0 Å². The van der Waals surface area contributed by atoms with Gasteiger partial charge in [0.2, 0.25) is 0 Å². The van der Waals surface area contributed by atoms with Crippen molar-refractivity contribution >= 4 is 0 Å². The fourth-order valence-electron chi connectivity index (χ4n) is 5.25. The van der Waals surface area contributed by atoms with E-state index in [0.29, 0.717) is 5.92 Å². The van der Waals surface area contributed by atoms with Gasteiger partial charge in [-0.25, -0.2) is 0 Å². The van der Waals surface area contributed by atoms with E-state index in [-0.39, 0.29) is 11.5 Å². The van der Waals surface area contributed by atoms with E-state index in [9.17, 15) is 0 Å². The van der Waals surface area contributed by atoms with Crippen molar-refractivity contribution in [3.05, 3.63) is 71.8 Å². The molecule has 0 spiro atoms. The third kappa shape index (κ3) is 2.80. The number of rotatable bonds is 6. The minimum Gasteiger partial charge on any atom is -0.349 e. The molecule has 0 amide bonds. The highest BCUT2D eigenvalue weighted by Crippen LogP contribution is 2.64. The molecule has 4 rings (SSSR count). The number of hydrogen-bond acceptors (Lipinski definition) is 2. The summed E-state index contributed by atoms with van der Waals surface area (Å²) in [6.07, 6.45) is 5.65. The summed E-state index contributed by atoms with van der Waals surface area (Å²) >= 11 is 0. The van der Waals surface area contributed by atoms with Crippen molar-refractivity contribution in [2.45, 2.75) is 63.8 Å². The molecule has 2 fully saturated rings. The van der Waals surface area contributed by atoms with Gasteiger partial charge in [0, 0.05) is 17.8 Å². The van der Waals surface area contributed by atoms with Crippen LogP contribution in [0.5, 0.6) is 0 Å². The molecule has 1 saturated heterocycles. The third-order valence-corrected chi connectivity index (χ3v) is 6.56. The molecule has 1 heterocycles. The second-order valence-electron chi connectivity index (χ2n) is 7.95. The van der Waals surface area contributed by atoms with Crippen molar-refractivity contribution in [1.29, 1.82) is 0 Å². The first kappa shape index (κ1) is 17.8. The summed E-state index contributed by atoms with van der Waals surface area (Å²) in [5, 5.41) is 0. The van der Waals surface area contributed by atoms with Crippen LogP contribution in [-0.2, 0) is 9.47 Å². The molecule has 0 unspecified atom stereocenters. The average molecular weight is 351 g/mol. The van der Waals surface area contributed by atoms with Gasteiger partial charge in [0.05, 0.1) is 12.7 Å². The Labute approximate surface area is 157 Å². The van der Waals surface area contributed by atoms with Crippen LogP contribution in [0.2, 0.25) is 0 Å². The molecule has 138 valence electrons. The van der Waals surface area contributed by atoms with Gasteiger partial charge in [-0.1, -0.05) is 67.6 Å². The minimum absolute atomic E-state index is 0.0130.